The summed E-state index contributed by atoms with van der Waals surface area (Å²) < 4.78 is 1.99. The fourth-order valence-corrected chi connectivity index (χ4v) is 2.29. The highest BCUT2D eigenvalue weighted by atomic mass is 16.4. The molecule has 5 heteroatoms. The summed E-state index contributed by atoms with van der Waals surface area (Å²) in [6, 6.07) is 4.20. The highest BCUT2D eigenvalue weighted by Gasteiger charge is 2.36. The Morgan fingerprint density at radius 3 is 2.61 bits per heavy atom. The Morgan fingerprint density at radius 1 is 1.33 bits per heavy atom. The molecule has 2 aliphatic carbocycles. The van der Waals surface area contributed by atoms with Crippen LogP contribution >= 0.6 is 0 Å². The van der Waals surface area contributed by atoms with Gasteiger partial charge < -0.3 is 14.6 Å². The number of carbonyl (C=O) groups excluding carboxylic acids is 1. The van der Waals surface area contributed by atoms with Crippen molar-refractivity contribution in [1.29, 1.82) is 0 Å². The quantitative estimate of drug-likeness (QED) is 0.859. The van der Waals surface area contributed by atoms with Crippen LogP contribution in [-0.2, 0) is 4.79 Å². The van der Waals surface area contributed by atoms with Crippen molar-refractivity contribution in [1.82, 2.24) is 9.47 Å². The molecule has 0 bridgehead atoms. The Bertz CT molecular complexity index is 486. The molecule has 2 saturated carbocycles. The van der Waals surface area contributed by atoms with Crippen molar-refractivity contribution >= 4 is 11.9 Å². The van der Waals surface area contributed by atoms with Gasteiger partial charge in [0.05, 0.1) is 0 Å². The van der Waals surface area contributed by atoms with Crippen LogP contribution in [-0.4, -0.2) is 39.0 Å². The van der Waals surface area contributed by atoms with Crippen molar-refractivity contribution < 1.29 is 14.7 Å². The lowest BCUT2D eigenvalue weighted by Crippen LogP contribution is -2.38. The van der Waals surface area contributed by atoms with Gasteiger partial charge in [0.2, 0.25) is 0 Å². The number of aliphatic carboxylic acids is 1. The molecule has 1 heterocycles. The smallest absolute Gasteiger partial charge is 0.323 e. The number of rotatable bonds is 5. The van der Waals surface area contributed by atoms with Gasteiger partial charge in [-0.05, 0) is 37.8 Å². The summed E-state index contributed by atoms with van der Waals surface area (Å²) >= 11 is 0. The Balaban J connectivity index is 1.82. The van der Waals surface area contributed by atoms with Crippen molar-refractivity contribution in [2.75, 3.05) is 6.54 Å². The minimum Gasteiger partial charge on any atom is -0.480 e. The third-order valence-corrected chi connectivity index (χ3v) is 3.49. The highest BCUT2D eigenvalue weighted by Crippen LogP contribution is 2.37. The van der Waals surface area contributed by atoms with E-state index in [4.69, 9.17) is 5.11 Å². The third kappa shape index (κ3) is 2.12. The molecular formula is C13H16N2O3. The van der Waals surface area contributed by atoms with Crippen LogP contribution in [0.1, 0.15) is 42.2 Å². The van der Waals surface area contributed by atoms with Crippen LogP contribution in [0, 0.1) is 0 Å². The molecule has 0 aromatic carbocycles. The second kappa shape index (κ2) is 4.15. The SMILES string of the molecule is O=C(O)CN(C(=O)c1cccn1C1CC1)C1CC1. The van der Waals surface area contributed by atoms with E-state index in [1.165, 1.54) is 4.90 Å². The van der Waals surface area contributed by atoms with E-state index in [9.17, 15) is 9.59 Å². The summed E-state index contributed by atoms with van der Waals surface area (Å²) in [6.07, 6.45) is 5.97. The Morgan fingerprint density at radius 2 is 2.06 bits per heavy atom. The zero-order valence-corrected chi connectivity index (χ0v) is 10.1. The molecule has 2 fully saturated rings. The van der Waals surface area contributed by atoms with Crippen molar-refractivity contribution in [3.05, 3.63) is 24.0 Å². The summed E-state index contributed by atoms with van der Waals surface area (Å²) in [5, 5.41) is 8.90. The number of carbonyl (C=O) groups is 2. The number of amides is 1. The molecule has 0 spiro atoms. The molecule has 1 aromatic rings. The molecule has 0 saturated heterocycles. The van der Waals surface area contributed by atoms with Gasteiger partial charge in [-0.3, -0.25) is 9.59 Å². The molecule has 0 unspecified atom stereocenters. The Labute approximate surface area is 105 Å². The second-order valence-electron chi connectivity index (χ2n) is 5.09. The minimum absolute atomic E-state index is 0.121. The van der Waals surface area contributed by atoms with Gasteiger partial charge >= 0.3 is 5.97 Å². The van der Waals surface area contributed by atoms with Gasteiger partial charge in [0.15, 0.2) is 0 Å². The van der Waals surface area contributed by atoms with Crippen LogP contribution in [0.15, 0.2) is 18.3 Å². The zero-order valence-electron chi connectivity index (χ0n) is 10.1. The van der Waals surface area contributed by atoms with Crippen LogP contribution in [0.4, 0.5) is 0 Å². The van der Waals surface area contributed by atoms with E-state index in [2.05, 4.69) is 0 Å². The van der Waals surface area contributed by atoms with Crippen LogP contribution in [0.2, 0.25) is 0 Å². The largest absolute Gasteiger partial charge is 0.480 e. The normalized spacial score (nSPS) is 18.7. The number of carboxylic acids is 1. The van der Waals surface area contributed by atoms with E-state index in [0.29, 0.717) is 11.7 Å². The van der Waals surface area contributed by atoms with Gasteiger partial charge in [0, 0.05) is 18.3 Å². The van der Waals surface area contributed by atoms with Crippen LogP contribution in [0.5, 0.6) is 0 Å². The fourth-order valence-electron chi connectivity index (χ4n) is 2.29. The Hall–Kier alpha value is -1.78. The summed E-state index contributed by atoms with van der Waals surface area (Å²) in [5.74, 6) is -1.09. The first-order valence-corrected chi connectivity index (χ1v) is 6.36. The number of aromatic nitrogens is 1. The molecule has 2 aliphatic rings. The molecule has 1 aromatic heterocycles. The molecule has 5 nitrogen and oxygen atoms in total. The summed E-state index contributed by atoms with van der Waals surface area (Å²) in [4.78, 5) is 24.8. The molecule has 3 rings (SSSR count). The van der Waals surface area contributed by atoms with Crippen molar-refractivity contribution in [2.45, 2.75) is 37.8 Å². The van der Waals surface area contributed by atoms with E-state index < -0.39 is 5.97 Å². The molecule has 0 atom stereocenters. The van der Waals surface area contributed by atoms with Gasteiger partial charge in [-0.15, -0.1) is 0 Å². The molecule has 0 radical (unpaired) electrons. The third-order valence-electron chi connectivity index (χ3n) is 3.49. The van der Waals surface area contributed by atoms with E-state index in [1.807, 2.05) is 16.8 Å². The van der Waals surface area contributed by atoms with Crippen LogP contribution in [0.3, 0.4) is 0 Å². The van der Waals surface area contributed by atoms with Gasteiger partial charge in [-0.1, -0.05) is 0 Å². The summed E-state index contributed by atoms with van der Waals surface area (Å²) in [7, 11) is 0. The Kier molecular flexibility index (Phi) is 2.61. The first kappa shape index (κ1) is 11.3. The van der Waals surface area contributed by atoms with Gasteiger partial charge in [-0.2, -0.15) is 0 Å². The van der Waals surface area contributed by atoms with Crippen molar-refractivity contribution in [3.63, 3.8) is 0 Å². The lowest BCUT2D eigenvalue weighted by atomic mass is 10.3. The lowest BCUT2D eigenvalue weighted by molar-refractivity contribution is -0.137. The summed E-state index contributed by atoms with van der Waals surface area (Å²) in [6.45, 7) is -0.195. The number of carboxylic acid groups (broad SMARTS) is 1. The van der Waals surface area contributed by atoms with Gasteiger partial charge in [0.25, 0.3) is 5.91 Å². The van der Waals surface area contributed by atoms with Crippen molar-refractivity contribution in [2.24, 2.45) is 0 Å². The van der Waals surface area contributed by atoms with Crippen molar-refractivity contribution in [3.8, 4) is 0 Å². The minimum atomic E-state index is -0.945. The van der Waals surface area contributed by atoms with E-state index >= 15 is 0 Å². The average Bonchev–Trinajstić information content (AvgIpc) is 3.24. The van der Waals surface area contributed by atoms with Crippen LogP contribution < -0.4 is 0 Å². The lowest BCUT2D eigenvalue weighted by Gasteiger charge is -2.21. The molecule has 1 amide bonds. The highest BCUT2D eigenvalue weighted by molar-refractivity contribution is 5.95. The first-order chi connectivity index (χ1) is 8.66. The molecule has 18 heavy (non-hydrogen) atoms. The maximum Gasteiger partial charge on any atom is 0.323 e. The molecular weight excluding hydrogens is 232 g/mol. The molecule has 96 valence electrons. The molecule has 1 N–H and O–H groups in total. The van der Waals surface area contributed by atoms with E-state index in [-0.39, 0.29) is 18.5 Å². The average molecular weight is 248 g/mol. The van der Waals surface area contributed by atoms with E-state index in [0.717, 1.165) is 25.7 Å². The van der Waals surface area contributed by atoms with Gasteiger partial charge in [0.1, 0.15) is 12.2 Å². The molecule has 0 aliphatic heterocycles. The predicted molar refractivity (Wildman–Crippen MR) is 64.4 cm³/mol. The maximum absolute atomic E-state index is 12.4. The topological polar surface area (TPSA) is 62.5 Å². The standard InChI is InChI=1S/C13H16N2O3/c16-12(17)8-15(10-5-6-10)13(18)11-2-1-7-14(11)9-3-4-9/h1-2,7,9-10H,3-6,8H2,(H,16,17). The summed E-state index contributed by atoms with van der Waals surface area (Å²) in [5.41, 5.74) is 0.630. The maximum atomic E-state index is 12.4. The number of hydrogen-bond acceptors (Lipinski definition) is 2. The van der Waals surface area contributed by atoms with E-state index in [1.54, 1.807) is 6.07 Å². The predicted octanol–water partition coefficient (Wildman–Crippen LogP) is 1.51. The first-order valence-electron chi connectivity index (χ1n) is 6.36. The monoisotopic (exact) mass is 248 g/mol. The number of nitrogens with zero attached hydrogens (tertiary/aromatic N) is 2. The zero-order chi connectivity index (χ0) is 12.7. The second-order valence-corrected chi connectivity index (χ2v) is 5.09. The number of hydrogen-bond donors (Lipinski definition) is 1. The van der Waals surface area contributed by atoms with Gasteiger partial charge in [-0.25, -0.2) is 0 Å². The fraction of sp³-hybridized carbons (Fsp3) is 0.538. The van der Waals surface area contributed by atoms with Crippen LogP contribution in [0.25, 0.3) is 0 Å².